The number of hydrogen-bond donors (Lipinski definition) is 3. The van der Waals surface area contributed by atoms with E-state index in [4.69, 9.17) is 21.7 Å². The fourth-order valence-corrected chi connectivity index (χ4v) is 2.71. The highest BCUT2D eigenvalue weighted by Crippen LogP contribution is 2.29. The zero-order chi connectivity index (χ0) is 17.2. The molecule has 3 N–H and O–H groups in total. The van der Waals surface area contributed by atoms with Gasteiger partial charge >= 0.3 is 0 Å². The van der Waals surface area contributed by atoms with Gasteiger partial charge in [0.1, 0.15) is 22.9 Å². The SMILES string of the molecule is N=C(OCC1CC1)c1cc[nH]c1N=CCc1cc2c(Cl)ncnc2[nH]1. The molecule has 25 heavy (non-hydrogen) atoms. The van der Waals surface area contributed by atoms with Crippen molar-refractivity contribution in [1.82, 2.24) is 19.9 Å². The van der Waals surface area contributed by atoms with Crippen LogP contribution in [0, 0.1) is 11.3 Å². The van der Waals surface area contributed by atoms with Crippen molar-refractivity contribution in [3.8, 4) is 0 Å². The van der Waals surface area contributed by atoms with Crippen LogP contribution in [-0.4, -0.2) is 38.7 Å². The summed E-state index contributed by atoms with van der Waals surface area (Å²) in [6.07, 6.45) is 7.94. The molecule has 0 bridgehead atoms. The average Bonchev–Trinajstić information content (AvgIpc) is 3.14. The monoisotopic (exact) mass is 356 g/mol. The standard InChI is InChI=1S/C17H17ClN6O/c18-14-13-7-11(24-17(13)23-9-22-14)3-5-20-16-12(4-6-21-16)15(19)25-8-10-1-2-10/h4-7,9-10,19,21H,1-3,8H2,(H,22,23,24). The third-order valence-electron chi connectivity index (χ3n) is 4.09. The van der Waals surface area contributed by atoms with Gasteiger partial charge in [-0.2, -0.15) is 0 Å². The van der Waals surface area contributed by atoms with Gasteiger partial charge in [0.25, 0.3) is 0 Å². The Kier molecular flexibility index (Phi) is 4.23. The lowest BCUT2D eigenvalue weighted by atomic mass is 10.3. The van der Waals surface area contributed by atoms with Crippen molar-refractivity contribution in [3.05, 3.63) is 41.1 Å². The number of fused-ring (bicyclic) bond motifs is 1. The summed E-state index contributed by atoms with van der Waals surface area (Å²) < 4.78 is 5.52. The largest absolute Gasteiger partial charge is 0.477 e. The summed E-state index contributed by atoms with van der Waals surface area (Å²) in [5, 5.41) is 9.28. The smallest absolute Gasteiger partial charge is 0.217 e. The van der Waals surface area contributed by atoms with Crippen LogP contribution < -0.4 is 0 Å². The number of H-pyrrole nitrogens is 2. The summed E-state index contributed by atoms with van der Waals surface area (Å²) in [6.45, 7) is 0.615. The first-order valence-electron chi connectivity index (χ1n) is 8.10. The van der Waals surface area contributed by atoms with Crippen molar-refractivity contribution in [1.29, 1.82) is 5.41 Å². The highest BCUT2D eigenvalue weighted by molar-refractivity contribution is 6.33. The second-order valence-electron chi connectivity index (χ2n) is 6.06. The van der Waals surface area contributed by atoms with Crippen LogP contribution in [0.3, 0.4) is 0 Å². The first-order valence-corrected chi connectivity index (χ1v) is 8.48. The number of nitrogens with one attached hydrogen (secondary N) is 3. The van der Waals surface area contributed by atoms with E-state index in [1.807, 2.05) is 6.07 Å². The van der Waals surface area contributed by atoms with Gasteiger partial charge in [0.05, 0.1) is 17.6 Å². The predicted molar refractivity (Wildman–Crippen MR) is 97.1 cm³/mol. The molecule has 1 aliphatic rings. The molecule has 0 aromatic carbocycles. The molecule has 0 unspecified atom stereocenters. The van der Waals surface area contributed by atoms with Gasteiger partial charge in [0.2, 0.25) is 5.90 Å². The summed E-state index contributed by atoms with van der Waals surface area (Å²) >= 11 is 6.05. The molecule has 1 fully saturated rings. The zero-order valence-electron chi connectivity index (χ0n) is 13.4. The maximum Gasteiger partial charge on any atom is 0.217 e. The van der Waals surface area contributed by atoms with E-state index in [-0.39, 0.29) is 5.90 Å². The van der Waals surface area contributed by atoms with Crippen LogP contribution in [0.25, 0.3) is 11.0 Å². The van der Waals surface area contributed by atoms with E-state index in [1.165, 1.54) is 19.2 Å². The number of nitrogens with zero attached hydrogens (tertiary/aromatic N) is 3. The number of aromatic nitrogens is 4. The molecule has 1 saturated carbocycles. The number of aromatic amines is 2. The molecule has 128 valence electrons. The summed E-state index contributed by atoms with van der Waals surface area (Å²) in [7, 11) is 0. The van der Waals surface area contributed by atoms with Crippen molar-refractivity contribution in [3.63, 3.8) is 0 Å². The van der Waals surface area contributed by atoms with Gasteiger partial charge in [-0.15, -0.1) is 0 Å². The molecule has 0 atom stereocenters. The van der Waals surface area contributed by atoms with E-state index in [0.29, 0.717) is 41.1 Å². The molecule has 1 aliphatic carbocycles. The Labute approximate surface area is 149 Å². The second kappa shape index (κ2) is 6.68. The molecular weight excluding hydrogens is 340 g/mol. The molecule has 0 saturated heterocycles. The number of ether oxygens (including phenoxy) is 1. The van der Waals surface area contributed by atoms with Gasteiger partial charge in [-0.3, -0.25) is 5.41 Å². The third-order valence-corrected chi connectivity index (χ3v) is 4.40. The Morgan fingerprint density at radius 3 is 3.12 bits per heavy atom. The maximum atomic E-state index is 8.05. The number of aliphatic imine (C=N–C) groups is 1. The number of hydrogen-bond acceptors (Lipinski definition) is 5. The first-order chi connectivity index (χ1) is 12.2. The van der Waals surface area contributed by atoms with Crippen LogP contribution in [0.2, 0.25) is 5.15 Å². The van der Waals surface area contributed by atoms with Crippen LogP contribution in [0.1, 0.15) is 24.1 Å². The lowest BCUT2D eigenvalue weighted by Crippen LogP contribution is -2.06. The molecule has 0 amide bonds. The first kappa shape index (κ1) is 15.8. The maximum absolute atomic E-state index is 8.05. The highest BCUT2D eigenvalue weighted by Gasteiger charge is 2.23. The number of rotatable bonds is 6. The fourth-order valence-electron chi connectivity index (χ4n) is 2.52. The van der Waals surface area contributed by atoms with Crippen molar-refractivity contribution in [2.24, 2.45) is 10.9 Å². The minimum Gasteiger partial charge on any atom is -0.477 e. The topological polar surface area (TPSA) is 103 Å². The van der Waals surface area contributed by atoms with Crippen molar-refractivity contribution < 1.29 is 4.74 Å². The predicted octanol–water partition coefficient (Wildman–Crippen LogP) is 3.64. The highest BCUT2D eigenvalue weighted by atomic mass is 35.5. The summed E-state index contributed by atoms with van der Waals surface area (Å²) in [5.74, 6) is 1.39. The van der Waals surface area contributed by atoms with E-state index in [2.05, 4.69) is 24.9 Å². The average molecular weight is 357 g/mol. The van der Waals surface area contributed by atoms with E-state index in [1.54, 1.807) is 18.5 Å². The molecule has 3 heterocycles. The Morgan fingerprint density at radius 1 is 1.44 bits per heavy atom. The van der Waals surface area contributed by atoms with Crippen LogP contribution in [0.15, 0.2) is 29.6 Å². The molecule has 0 aliphatic heterocycles. The molecule has 8 heteroatoms. The van der Waals surface area contributed by atoms with Gasteiger partial charge in [-0.25, -0.2) is 15.0 Å². The minimum atomic E-state index is 0.160. The van der Waals surface area contributed by atoms with Gasteiger partial charge < -0.3 is 14.7 Å². The Morgan fingerprint density at radius 2 is 2.32 bits per heavy atom. The molecule has 0 radical (unpaired) electrons. The fraction of sp³-hybridized carbons (Fsp3) is 0.294. The third kappa shape index (κ3) is 3.56. The summed E-state index contributed by atoms with van der Waals surface area (Å²) in [5.41, 5.74) is 2.32. The van der Waals surface area contributed by atoms with Crippen LogP contribution in [0.5, 0.6) is 0 Å². The normalized spacial score (nSPS) is 14.4. The van der Waals surface area contributed by atoms with E-state index >= 15 is 0 Å². The van der Waals surface area contributed by atoms with Crippen LogP contribution in [0.4, 0.5) is 5.82 Å². The van der Waals surface area contributed by atoms with Crippen molar-refractivity contribution >= 4 is 40.6 Å². The van der Waals surface area contributed by atoms with Gasteiger partial charge in [0.15, 0.2) is 0 Å². The van der Waals surface area contributed by atoms with Gasteiger partial charge in [-0.1, -0.05) is 11.6 Å². The van der Waals surface area contributed by atoms with E-state index in [9.17, 15) is 0 Å². The van der Waals surface area contributed by atoms with Gasteiger partial charge in [-0.05, 0) is 30.9 Å². The minimum absolute atomic E-state index is 0.160. The molecule has 4 rings (SSSR count). The van der Waals surface area contributed by atoms with Crippen molar-refractivity contribution in [2.45, 2.75) is 19.3 Å². The lowest BCUT2D eigenvalue weighted by molar-refractivity contribution is 0.285. The second-order valence-corrected chi connectivity index (χ2v) is 6.42. The van der Waals surface area contributed by atoms with Gasteiger partial charge in [0, 0.05) is 24.5 Å². The Bertz CT molecular complexity index is 940. The zero-order valence-corrected chi connectivity index (χ0v) is 14.2. The molecule has 3 aromatic rings. The van der Waals surface area contributed by atoms with Crippen LogP contribution >= 0.6 is 11.6 Å². The molecule has 7 nitrogen and oxygen atoms in total. The summed E-state index contributed by atoms with van der Waals surface area (Å²) in [6, 6.07) is 3.72. The van der Waals surface area contributed by atoms with Crippen LogP contribution in [-0.2, 0) is 11.2 Å². The molecular formula is C17H17ClN6O. The molecule has 3 aromatic heterocycles. The van der Waals surface area contributed by atoms with E-state index in [0.717, 1.165) is 11.1 Å². The van der Waals surface area contributed by atoms with E-state index < -0.39 is 0 Å². The lowest BCUT2D eigenvalue weighted by Gasteiger charge is -2.05. The molecule has 0 spiro atoms. The number of halogens is 1. The quantitative estimate of drug-likeness (QED) is 0.357. The Balaban J connectivity index is 1.43. The Hall–Kier alpha value is -2.67. The summed E-state index contributed by atoms with van der Waals surface area (Å²) in [4.78, 5) is 18.8. The van der Waals surface area contributed by atoms with Crippen molar-refractivity contribution in [2.75, 3.05) is 6.61 Å².